The molecule has 0 atom stereocenters. The highest BCUT2D eigenvalue weighted by atomic mass is 35.5. The number of halogens is 5. The van der Waals surface area contributed by atoms with Crippen LogP contribution in [0.5, 0.6) is 0 Å². The van der Waals surface area contributed by atoms with Gasteiger partial charge in [-0.15, -0.1) is 0 Å². The molecule has 12 heteroatoms. The molecule has 0 spiro atoms. The minimum atomic E-state index is -4.57. The summed E-state index contributed by atoms with van der Waals surface area (Å²) in [5, 5.41) is 11.6. The van der Waals surface area contributed by atoms with Crippen LogP contribution in [0.4, 0.5) is 23.7 Å². The average Bonchev–Trinajstić information content (AvgIpc) is 3.28. The maximum atomic E-state index is 12.8. The minimum Gasteiger partial charge on any atom is -0.444 e. The highest BCUT2D eigenvalue weighted by Gasteiger charge is 2.33. The normalized spacial score (nSPS) is 14.2. The summed E-state index contributed by atoms with van der Waals surface area (Å²) in [7, 11) is 0. The first kappa shape index (κ1) is 24.1. The molecule has 2 aromatic heterocycles. The van der Waals surface area contributed by atoms with Gasteiger partial charge in [0.25, 0.3) is 0 Å². The van der Waals surface area contributed by atoms with Crippen molar-refractivity contribution in [2.75, 3.05) is 18.4 Å². The summed E-state index contributed by atoms with van der Waals surface area (Å²) in [6, 6.07) is 4.23. The number of nitrogens with one attached hydrogen (secondary N) is 1. The predicted molar refractivity (Wildman–Crippen MR) is 120 cm³/mol. The van der Waals surface area contributed by atoms with Gasteiger partial charge in [0.2, 0.25) is 5.89 Å². The van der Waals surface area contributed by atoms with Crippen molar-refractivity contribution in [2.45, 2.75) is 19.2 Å². The molecule has 2 N–H and O–H groups in total. The van der Waals surface area contributed by atoms with Crippen molar-refractivity contribution >= 4 is 40.5 Å². The molecule has 0 aliphatic carbocycles. The van der Waals surface area contributed by atoms with E-state index in [0.29, 0.717) is 34.9 Å². The van der Waals surface area contributed by atoms with Crippen LogP contribution in [0.2, 0.25) is 10.0 Å². The van der Waals surface area contributed by atoms with Crippen LogP contribution in [0.1, 0.15) is 23.4 Å². The van der Waals surface area contributed by atoms with Crippen molar-refractivity contribution in [1.82, 2.24) is 14.9 Å². The Morgan fingerprint density at radius 3 is 2.62 bits per heavy atom. The van der Waals surface area contributed by atoms with E-state index in [1.54, 1.807) is 12.3 Å². The first-order valence-corrected chi connectivity index (χ1v) is 10.7. The molecule has 2 amide bonds. The first-order valence-electron chi connectivity index (χ1n) is 9.99. The van der Waals surface area contributed by atoms with E-state index in [1.807, 2.05) is 6.08 Å². The van der Waals surface area contributed by atoms with Crippen LogP contribution < -0.4 is 5.32 Å². The molecule has 7 nitrogen and oxygen atoms in total. The summed E-state index contributed by atoms with van der Waals surface area (Å²) in [5.74, 6) is 0.286. The van der Waals surface area contributed by atoms with Crippen LogP contribution >= 0.6 is 23.2 Å². The molecule has 34 heavy (non-hydrogen) atoms. The first-order chi connectivity index (χ1) is 16.2. The molecule has 0 fully saturated rings. The van der Waals surface area contributed by atoms with Crippen molar-refractivity contribution in [3.05, 3.63) is 69.8 Å². The fourth-order valence-corrected chi connectivity index (χ4v) is 3.97. The third-order valence-corrected chi connectivity index (χ3v) is 5.73. The number of urea groups is 1. The second kappa shape index (κ2) is 9.65. The standard InChI is InChI=1S/C22H17Cl2F3N4O3/c23-17-8-14(1-2-16(17)22(25,26)27)30-21(33)31-5-3-12(4-6-31)19-18(24)7-13(9-28-19)20-29-15(10-32)11-34-20/h1-3,7-9,11,32H,4-6,10H2,(H,30,33). The number of hydrogen-bond donors (Lipinski definition) is 2. The molecule has 0 radical (unpaired) electrons. The Hall–Kier alpha value is -3.08. The fourth-order valence-electron chi connectivity index (χ4n) is 3.40. The van der Waals surface area contributed by atoms with E-state index >= 15 is 0 Å². The summed E-state index contributed by atoms with van der Waals surface area (Å²) in [5.41, 5.74) is 1.55. The zero-order valence-electron chi connectivity index (χ0n) is 17.4. The lowest BCUT2D eigenvalue weighted by Crippen LogP contribution is -2.38. The van der Waals surface area contributed by atoms with Gasteiger partial charge in [-0.1, -0.05) is 29.3 Å². The van der Waals surface area contributed by atoms with Crippen LogP contribution in [0.25, 0.3) is 17.0 Å². The lowest BCUT2D eigenvalue weighted by atomic mass is 10.0. The molecule has 3 heterocycles. The van der Waals surface area contributed by atoms with E-state index in [1.165, 1.54) is 11.2 Å². The Labute approximate surface area is 201 Å². The minimum absolute atomic E-state index is 0.161. The van der Waals surface area contributed by atoms with Gasteiger partial charge in [-0.2, -0.15) is 13.2 Å². The molecule has 178 valence electrons. The molecule has 1 aliphatic heterocycles. The van der Waals surface area contributed by atoms with Gasteiger partial charge < -0.3 is 19.7 Å². The van der Waals surface area contributed by atoms with Gasteiger partial charge >= 0.3 is 12.2 Å². The van der Waals surface area contributed by atoms with Crippen molar-refractivity contribution in [3.63, 3.8) is 0 Å². The third kappa shape index (κ3) is 5.19. The number of hydrogen-bond acceptors (Lipinski definition) is 5. The Morgan fingerprint density at radius 2 is 2.03 bits per heavy atom. The molecule has 3 aromatic rings. The quantitative estimate of drug-likeness (QED) is 0.455. The maximum Gasteiger partial charge on any atom is 0.417 e. The number of aliphatic hydroxyl groups is 1. The Morgan fingerprint density at radius 1 is 1.24 bits per heavy atom. The third-order valence-electron chi connectivity index (χ3n) is 5.13. The monoisotopic (exact) mass is 512 g/mol. The fraction of sp³-hybridized carbons (Fsp3) is 0.227. The maximum absolute atomic E-state index is 12.8. The highest BCUT2D eigenvalue weighted by molar-refractivity contribution is 6.32. The molecule has 0 saturated heterocycles. The number of aliphatic hydroxyl groups excluding tert-OH is 1. The number of amides is 2. The molecule has 0 bridgehead atoms. The zero-order chi connectivity index (χ0) is 24.5. The topological polar surface area (TPSA) is 91.5 Å². The summed E-state index contributed by atoms with van der Waals surface area (Å²) < 4.78 is 43.8. The molecular formula is C22H17Cl2F3N4O3. The van der Waals surface area contributed by atoms with Gasteiger partial charge in [0, 0.05) is 25.0 Å². The van der Waals surface area contributed by atoms with Gasteiger partial charge in [-0.3, -0.25) is 4.98 Å². The summed E-state index contributed by atoms with van der Waals surface area (Å²) >= 11 is 12.1. The number of nitrogens with zero attached hydrogens (tertiary/aromatic N) is 3. The molecule has 4 rings (SSSR count). The second-order valence-corrected chi connectivity index (χ2v) is 8.22. The average molecular weight is 513 g/mol. The van der Waals surface area contributed by atoms with E-state index in [9.17, 15) is 18.0 Å². The van der Waals surface area contributed by atoms with Crippen LogP contribution in [-0.2, 0) is 12.8 Å². The van der Waals surface area contributed by atoms with E-state index in [0.717, 1.165) is 23.8 Å². The van der Waals surface area contributed by atoms with E-state index in [4.69, 9.17) is 32.7 Å². The predicted octanol–water partition coefficient (Wildman–Crippen LogP) is 5.88. The van der Waals surface area contributed by atoms with Gasteiger partial charge in [-0.25, -0.2) is 9.78 Å². The molecule has 1 aromatic carbocycles. The summed E-state index contributed by atoms with van der Waals surface area (Å²) in [6.45, 7) is 0.367. The molecule has 0 saturated carbocycles. The zero-order valence-corrected chi connectivity index (χ0v) is 18.9. The number of pyridine rings is 1. The number of benzene rings is 1. The van der Waals surface area contributed by atoms with Crippen LogP contribution in [0.15, 0.2) is 47.2 Å². The lowest BCUT2D eigenvalue weighted by Gasteiger charge is -2.27. The summed E-state index contributed by atoms with van der Waals surface area (Å²) in [6.07, 6.45) is 0.617. The number of rotatable bonds is 4. The number of carbonyl (C=O) groups excluding carboxylic acids is 1. The van der Waals surface area contributed by atoms with E-state index in [-0.39, 0.29) is 24.7 Å². The van der Waals surface area contributed by atoms with Crippen LogP contribution in [-0.4, -0.2) is 39.1 Å². The van der Waals surface area contributed by atoms with Crippen molar-refractivity contribution in [1.29, 1.82) is 0 Å². The van der Waals surface area contributed by atoms with Crippen molar-refractivity contribution in [2.24, 2.45) is 0 Å². The number of alkyl halides is 3. The van der Waals surface area contributed by atoms with Gasteiger partial charge in [-0.05, 0) is 36.3 Å². The SMILES string of the molecule is O=C(Nc1ccc(C(F)(F)F)c(Cl)c1)N1CC=C(c2ncc(-c3nc(CO)co3)cc2Cl)CC1. The number of oxazole rings is 1. The largest absolute Gasteiger partial charge is 0.444 e. The Bertz CT molecular complexity index is 1260. The Kier molecular flexibility index (Phi) is 6.83. The van der Waals surface area contributed by atoms with Gasteiger partial charge in [0.1, 0.15) is 12.0 Å². The molecular weight excluding hydrogens is 496 g/mol. The van der Waals surface area contributed by atoms with Gasteiger partial charge in [0.05, 0.1) is 33.5 Å². The smallest absolute Gasteiger partial charge is 0.417 e. The second-order valence-electron chi connectivity index (χ2n) is 7.40. The van der Waals surface area contributed by atoms with E-state index in [2.05, 4.69) is 15.3 Å². The van der Waals surface area contributed by atoms with Crippen molar-refractivity contribution in [3.8, 4) is 11.5 Å². The number of anilines is 1. The number of carbonyl (C=O) groups is 1. The van der Waals surface area contributed by atoms with Crippen LogP contribution in [0, 0.1) is 0 Å². The highest BCUT2D eigenvalue weighted by Crippen LogP contribution is 2.36. The summed E-state index contributed by atoms with van der Waals surface area (Å²) in [4.78, 5) is 22.6. The van der Waals surface area contributed by atoms with Crippen LogP contribution in [0.3, 0.4) is 0 Å². The number of aromatic nitrogens is 2. The lowest BCUT2D eigenvalue weighted by molar-refractivity contribution is -0.137. The Balaban J connectivity index is 1.42. The van der Waals surface area contributed by atoms with Gasteiger partial charge in [0.15, 0.2) is 0 Å². The van der Waals surface area contributed by atoms with Crippen molar-refractivity contribution < 1.29 is 27.5 Å². The molecule has 0 unspecified atom stereocenters. The van der Waals surface area contributed by atoms with E-state index < -0.39 is 22.8 Å². The molecule has 1 aliphatic rings.